The summed E-state index contributed by atoms with van der Waals surface area (Å²) in [7, 11) is 0. The number of phenolic OH excluding ortho intramolecular Hbond substituents is 3. The number of phenols is 3. The quantitative estimate of drug-likeness (QED) is 0.456. The van der Waals surface area contributed by atoms with Gasteiger partial charge in [0.1, 0.15) is 5.75 Å². The van der Waals surface area contributed by atoms with E-state index in [1.54, 1.807) is 30.3 Å². The summed E-state index contributed by atoms with van der Waals surface area (Å²) in [6.45, 7) is 3.73. The van der Waals surface area contributed by atoms with Gasteiger partial charge in [-0.3, -0.25) is 4.79 Å². The molecular weight excluding hydrogens is 268 g/mol. The number of rotatable bonds is 4. The maximum Gasteiger partial charge on any atom is 0.197 e. The molecule has 0 fully saturated rings. The molecule has 0 bridgehead atoms. The Bertz CT molecular complexity index is 662. The van der Waals surface area contributed by atoms with Crippen molar-refractivity contribution in [3.8, 4) is 17.2 Å². The molecule has 0 radical (unpaired) electrons. The average Bonchev–Trinajstić information content (AvgIpc) is 2.51. The Hall–Kier alpha value is -2.49. The van der Waals surface area contributed by atoms with Crippen LogP contribution < -0.4 is 0 Å². The van der Waals surface area contributed by atoms with E-state index in [2.05, 4.69) is 0 Å². The summed E-state index contributed by atoms with van der Waals surface area (Å²) < 4.78 is 0. The van der Waals surface area contributed by atoms with Crippen molar-refractivity contribution in [3.05, 3.63) is 53.1 Å². The summed E-state index contributed by atoms with van der Waals surface area (Å²) in [6, 6.07) is 9.62. The van der Waals surface area contributed by atoms with Crippen LogP contribution in [-0.2, 0) is 0 Å². The summed E-state index contributed by atoms with van der Waals surface area (Å²) in [5.41, 5.74) is 0.533. The second-order valence-corrected chi connectivity index (χ2v) is 5.06. The first-order valence-electron chi connectivity index (χ1n) is 6.84. The highest BCUT2D eigenvalue weighted by Gasteiger charge is 2.24. The molecule has 2 aromatic rings. The monoisotopic (exact) mass is 286 g/mol. The third-order valence-electron chi connectivity index (χ3n) is 3.68. The van der Waals surface area contributed by atoms with E-state index in [9.17, 15) is 20.1 Å². The van der Waals surface area contributed by atoms with E-state index in [-0.39, 0.29) is 22.8 Å². The molecule has 3 N–H and O–H groups in total. The normalized spacial score (nSPS) is 12.1. The van der Waals surface area contributed by atoms with E-state index in [1.165, 1.54) is 6.07 Å². The van der Waals surface area contributed by atoms with E-state index in [0.717, 1.165) is 0 Å². The van der Waals surface area contributed by atoms with Crippen molar-refractivity contribution in [1.82, 2.24) is 0 Å². The summed E-state index contributed by atoms with van der Waals surface area (Å²) >= 11 is 0. The van der Waals surface area contributed by atoms with Gasteiger partial charge in [-0.05, 0) is 18.4 Å². The smallest absolute Gasteiger partial charge is 0.197 e. The molecule has 1 unspecified atom stereocenters. The van der Waals surface area contributed by atoms with E-state index in [1.807, 2.05) is 13.8 Å². The van der Waals surface area contributed by atoms with Crippen LogP contribution in [0.3, 0.4) is 0 Å². The van der Waals surface area contributed by atoms with Crippen LogP contribution >= 0.6 is 0 Å². The highest BCUT2D eigenvalue weighted by molar-refractivity contribution is 6.11. The van der Waals surface area contributed by atoms with Crippen molar-refractivity contribution in [2.45, 2.75) is 26.2 Å². The molecule has 0 aromatic heterocycles. The SMILES string of the molecule is CCC(C)c1c(O)cc(C(=O)c2ccccc2)c(O)c1O. The van der Waals surface area contributed by atoms with Crippen molar-refractivity contribution in [2.75, 3.05) is 0 Å². The molecule has 1 atom stereocenters. The Labute approximate surface area is 123 Å². The van der Waals surface area contributed by atoms with Crippen LogP contribution in [-0.4, -0.2) is 21.1 Å². The second kappa shape index (κ2) is 5.87. The zero-order valence-electron chi connectivity index (χ0n) is 12.0. The minimum absolute atomic E-state index is 0.108. The summed E-state index contributed by atoms with van der Waals surface area (Å²) in [5, 5.41) is 30.3. The number of carbonyl (C=O) groups excluding carboxylic acids is 1. The number of hydrogen-bond donors (Lipinski definition) is 3. The lowest BCUT2D eigenvalue weighted by Crippen LogP contribution is -2.03. The van der Waals surface area contributed by atoms with Crippen molar-refractivity contribution in [2.24, 2.45) is 0 Å². The molecule has 4 nitrogen and oxygen atoms in total. The number of aromatic hydroxyl groups is 3. The lowest BCUT2D eigenvalue weighted by Gasteiger charge is -2.16. The molecule has 0 saturated heterocycles. The van der Waals surface area contributed by atoms with Crippen molar-refractivity contribution < 1.29 is 20.1 Å². The first-order valence-corrected chi connectivity index (χ1v) is 6.84. The zero-order valence-corrected chi connectivity index (χ0v) is 12.0. The second-order valence-electron chi connectivity index (χ2n) is 5.06. The Balaban J connectivity index is 2.55. The maximum atomic E-state index is 12.3. The molecule has 21 heavy (non-hydrogen) atoms. The zero-order chi connectivity index (χ0) is 15.6. The van der Waals surface area contributed by atoms with Gasteiger partial charge in [0.05, 0.1) is 5.56 Å². The van der Waals surface area contributed by atoms with Gasteiger partial charge in [-0.1, -0.05) is 44.2 Å². The Morgan fingerprint density at radius 1 is 1.10 bits per heavy atom. The van der Waals surface area contributed by atoms with Crippen LogP contribution in [0, 0.1) is 0 Å². The van der Waals surface area contributed by atoms with Gasteiger partial charge in [0.25, 0.3) is 0 Å². The van der Waals surface area contributed by atoms with Gasteiger partial charge < -0.3 is 15.3 Å². The standard InChI is InChI=1S/C17H18O4/c1-3-10(2)14-13(18)9-12(16(20)17(14)21)15(19)11-7-5-4-6-8-11/h4-10,18,20-21H,3H2,1-2H3. The van der Waals surface area contributed by atoms with Crippen LogP contribution in [0.2, 0.25) is 0 Å². The highest BCUT2D eigenvalue weighted by Crippen LogP contribution is 2.44. The molecule has 2 rings (SSSR count). The number of benzene rings is 2. The third kappa shape index (κ3) is 2.70. The molecule has 0 spiro atoms. The summed E-state index contributed by atoms with van der Waals surface area (Å²) in [4.78, 5) is 12.3. The molecule has 0 aliphatic rings. The van der Waals surface area contributed by atoms with Crippen LogP contribution in [0.5, 0.6) is 17.2 Å². The minimum atomic E-state index is -0.489. The number of carbonyl (C=O) groups is 1. The van der Waals surface area contributed by atoms with Crippen molar-refractivity contribution in [1.29, 1.82) is 0 Å². The first kappa shape index (κ1) is 14.9. The fourth-order valence-corrected chi connectivity index (χ4v) is 2.27. The van der Waals surface area contributed by atoms with E-state index in [4.69, 9.17) is 0 Å². The molecule has 0 heterocycles. The fourth-order valence-electron chi connectivity index (χ4n) is 2.27. The molecule has 4 heteroatoms. The van der Waals surface area contributed by atoms with Crippen LogP contribution in [0.4, 0.5) is 0 Å². The molecular formula is C17H18O4. The Morgan fingerprint density at radius 2 is 1.71 bits per heavy atom. The minimum Gasteiger partial charge on any atom is -0.507 e. The predicted octanol–water partition coefficient (Wildman–Crippen LogP) is 3.55. The summed E-state index contributed by atoms with van der Waals surface area (Å²) in [6.07, 6.45) is 0.687. The van der Waals surface area contributed by atoms with Crippen LogP contribution in [0.25, 0.3) is 0 Å². The van der Waals surface area contributed by atoms with Gasteiger partial charge in [-0.2, -0.15) is 0 Å². The largest absolute Gasteiger partial charge is 0.507 e. The Morgan fingerprint density at radius 3 is 2.29 bits per heavy atom. The van der Waals surface area contributed by atoms with E-state index >= 15 is 0 Å². The average molecular weight is 286 g/mol. The summed E-state index contributed by atoms with van der Waals surface area (Å²) in [5.74, 6) is -1.68. The topological polar surface area (TPSA) is 77.8 Å². The van der Waals surface area contributed by atoms with Gasteiger partial charge in [-0.15, -0.1) is 0 Å². The van der Waals surface area contributed by atoms with Gasteiger partial charge >= 0.3 is 0 Å². The van der Waals surface area contributed by atoms with E-state index < -0.39 is 17.3 Å². The van der Waals surface area contributed by atoms with Gasteiger partial charge in [0.2, 0.25) is 0 Å². The lowest BCUT2D eigenvalue weighted by molar-refractivity contribution is 0.103. The number of ketones is 1. The molecule has 0 aliphatic carbocycles. The fraction of sp³-hybridized carbons (Fsp3) is 0.235. The molecule has 0 amide bonds. The van der Waals surface area contributed by atoms with Gasteiger partial charge in [-0.25, -0.2) is 0 Å². The van der Waals surface area contributed by atoms with Crippen molar-refractivity contribution >= 4 is 5.78 Å². The molecule has 110 valence electrons. The number of hydrogen-bond acceptors (Lipinski definition) is 4. The molecule has 0 saturated carbocycles. The van der Waals surface area contributed by atoms with Crippen LogP contribution in [0.1, 0.15) is 47.7 Å². The molecule has 2 aromatic carbocycles. The first-order chi connectivity index (χ1) is 9.97. The molecule has 0 aliphatic heterocycles. The third-order valence-corrected chi connectivity index (χ3v) is 3.68. The maximum absolute atomic E-state index is 12.3. The van der Waals surface area contributed by atoms with Crippen LogP contribution in [0.15, 0.2) is 36.4 Å². The van der Waals surface area contributed by atoms with Gasteiger partial charge in [0.15, 0.2) is 17.3 Å². The van der Waals surface area contributed by atoms with Crippen molar-refractivity contribution in [3.63, 3.8) is 0 Å². The Kier molecular flexibility index (Phi) is 4.17. The highest BCUT2D eigenvalue weighted by atomic mass is 16.3. The van der Waals surface area contributed by atoms with E-state index in [0.29, 0.717) is 12.0 Å². The van der Waals surface area contributed by atoms with Gasteiger partial charge in [0, 0.05) is 11.1 Å². The predicted molar refractivity (Wildman–Crippen MR) is 80.0 cm³/mol. The lowest BCUT2D eigenvalue weighted by atomic mass is 9.92.